The normalized spacial score (nSPS) is 9.88. The Labute approximate surface area is 96.6 Å². The predicted molar refractivity (Wildman–Crippen MR) is 62.1 cm³/mol. The Morgan fingerprint density at radius 3 is 2.47 bits per heavy atom. The summed E-state index contributed by atoms with van der Waals surface area (Å²) < 4.78 is 1.31. The summed E-state index contributed by atoms with van der Waals surface area (Å²) in [6.45, 7) is 1.57. The predicted octanol–water partition coefficient (Wildman–Crippen LogP) is 0.706. The number of nitriles is 1. The lowest BCUT2D eigenvalue weighted by molar-refractivity contribution is 0.849. The lowest BCUT2D eigenvalue weighted by atomic mass is 10.2. The summed E-state index contributed by atoms with van der Waals surface area (Å²) in [4.78, 5) is 25.2. The van der Waals surface area contributed by atoms with Crippen LogP contribution in [0.15, 0.2) is 39.9 Å². The third kappa shape index (κ3) is 1.76. The molecular weight excluding hydrogens is 218 g/mol. The van der Waals surface area contributed by atoms with Crippen LogP contribution in [0.2, 0.25) is 0 Å². The van der Waals surface area contributed by atoms with Crippen molar-refractivity contribution < 1.29 is 0 Å². The minimum absolute atomic E-state index is 0.0477. The largest absolute Gasteiger partial charge is 0.333 e. The van der Waals surface area contributed by atoms with E-state index >= 15 is 0 Å². The SMILES string of the molecule is Cc1c(C#N)c(=O)[nH]c(=O)n1-c1ccccc1. The van der Waals surface area contributed by atoms with E-state index in [1.54, 1.807) is 37.3 Å². The lowest BCUT2D eigenvalue weighted by Crippen LogP contribution is -2.32. The van der Waals surface area contributed by atoms with Gasteiger partial charge in [0, 0.05) is 5.69 Å². The third-order valence-electron chi connectivity index (χ3n) is 2.47. The number of nitrogens with one attached hydrogen (secondary N) is 1. The number of aromatic amines is 1. The molecule has 5 nitrogen and oxygen atoms in total. The van der Waals surface area contributed by atoms with Gasteiger partial charge in [-0.3, -0.25) is 14.3 Å². The van der Waals surface area contributed by atoms with Crippen LogP contribution < -0.4 is 11.2 Å². The minimum atomic E-state index is -0.651. The molecule has 0 saturated carbocycles. The van der Waals surface area contributed by atoms with Gasteiger partial charge in [-0.25, -0.2) is 4.79 Å². The molecule has 0 saturated heterocycles. The smallest absolute Gasteiger partial charge is 0.273 e. The molecule has 0 unspecified atom stereocenters. The molecular formula is C12H9N3O2. The van der Waals surface area contributed by atoms with Gasteiger partial charge in [0.25, 0.3) is 5.56 Å². The molecule has 0 aliphatic rings. The zero-order chi connectivity index (χ0) is 12.4. The van der Waals surface area contributed by atoms with Crippen molar-refractivity contribution in [3.8, 4) is 11.8 Å². The maximum absolute atomic E-state index is 11.7. The average molecular weight is 227 g/mol. The Balaban J connectivity index is 2.86. The molecule has 0 aliphatic heterocycles. The molecule has 0 atom stereocenters. The zero-order valence-corrected chi connectivity index (χ0v) is 9.10. The average Bonchev–Trinajstić information content (AvgIpc) is 2.30. The molecule has 0 bridgehead atoms. The molecule has 5 heteroatoms. The summed E-state index contributed by atoms with van der Waals surface area (Å²) in [5.41, 5.74) is -0.288. The maximum atomic E-state index is 11.7. The second kappa shape index (κ2) is 4.10. The molecule has 1 aromatic heterocycles. The molecule has 2 aromatic rings. The number of benzene rings is 1. The molecule has 0 radical (unpaired) electrons. The fraction of sp³-hybridized carbons (Fsp3) is 0.0833. The van der Waals surface area contributed by atoms with Gasteiger partial charge in [-0.1, -0.05) is 18.2 Å². The summed E-state index contributed by atoms with van der Waals surface area (Å²) in [6.07, 6.45) is 0. The lowest BCUT2D eigenvalue weighted by Gasteiger charge is -2.09. The topological polar surface area (TPSA) is 78.7 Å². The van der Waals surface area contributed by atoms with Crippen LogP contribution >= 0.6 is 0 Å². The van der Waals surface area contributed by atoms with Crippen molar-refractivity contribution in [1.29, 1.82) is 5.26 Å². The highest BCUT2D eigenvalue weighted by Crippen LogP contribution is 2.07. The summed E-state index contributed by atoms with van der Waals surface area (Å²) in [5.74, 6) is 0. The highest BCUT2D eigenvalue weighted by molar-refractivity contribution is 5.38. The van der Waals surface area contributed by atoms with Gasteiger partial charge in [0.15, 0.2) is 0 Å². The highest BCUT2D eigenvalue weighted by atomic mass is 16.2. The third-order valence-corrected chi connectivity index (χ3v) is 2.47. The van der Waals surface area contributed by atoms with Crippen molar-refractivity contribution in [3.05, 3.63) is 62.4 Å². The first-order chi connectivity index (χ1) is 8.15. The van der Waals surface area contributed by atoms with E-state index in [2.05, 4.69) is 4.98 Å². The van der Waals surface area contributed by atoms with Gasteiger partial charge < -0.3 is 0 Å². The van der Waals surface area contributed by atoms with Crippen molar-refractivity contribution in [2.75, 3.05) is 0 Å². The standard InChI is InChI=1S/C12H9N3O2/c1-8-10(7-13)11(16)14-12(17)15(8)9-5-3-2-4-6-9/h2-6H,1H3,(H,14,16,17). The first-order valence-corrected chi connectivity index (χ1v) is 4.96. The van der Waals surface area contributed by atoms with Crippen molar-refractivity contribution in [2.45, 2.75) is 6.92 Å². The second-order valence-electron chi connectivity index (χ2n) is 3.50. The second-order valence-corrected chi connectivity index (χ2v) is 3.50. The molecule has 1 N–H and O–H groups in total. The first kappa shape index (κ1) is 10.9. The summed E-state index contributed by atoms with van der Waals surface area (Å²) in [7, 11) is 0. The van der Waals surface area contributed by atoms with Crippen molar-refractivity contribution >= 4 is 0 Å². The van der Waals surface area contributed by atoms with Gasteiger partial charge in [-0.2, -0.15) is 5.26 Å². The van der Waals surface area contributed by atoms with E-state index in [9.17, 15) is 9.59 Å². The van der Waals surface area contributed by atoms with E-state index in [0.717, 1.165) is 0 Å². The number of para-hydroxylation sites is 1. The van der Waals surface area contributed by atoms with E-state index in [4.69, 9.17) is 5.26 Å². The molecule has 1 heterocycles. The number of aromatic nitrogens is 2. The molecule has 2 rings (SSSR count). The van der Waals surface area contributed by atoms with Gasteiger partial charge in [0.2, 0.25) is 0 Å². The van der Waals surface area contributed by atoms with E-state index < -0.39 is 11.2 Å². The Morgan fingerprint density at radius 2 is 1.88 bits per heavy atom. The Kier molecular flexibility index (Phi) is 2.63. The number of hydrogen-bond donors (Lipinski definition) is 1. The minimum Gasteiger partial charge on any atom is -0.273 e. The quantitative estimate of drug-likeness (QED) is 0.779. The highest BCUT2D eigenvalue weighted by Gasteiger charge is 2.11. The van der Waals surface area contributed by atoms with Crippen LogP contribution in [0.5, 0.6) is 0 Å². The monoisotopic (exact) mass is 227 g/mol. The maximum Gasteiger partial charge on any atom is 0.333 e. The summed E-state index contributed by atoms with van der Waals surface area (Å²) in [6, 6.07) is 10.6. The van der Waals surface area contributed by atoms with Crippen LogP contribution in [0, 0.1) is 18.3 Å². The van der Waals surface area contributed by atoms with Crippen LogP contribution in [0.1, 0.15) is 11.3 Å². The van der Waals surface area contributed by atoms with Crippen LogP contribution in [-0.4, -0.2) is 9.55 Å². The molecule has 0 fully saturated rings. The zero-order valence-electron chi connectivity index (χ0n) is 9.10. The number of H-pyrrole nitrogens is 1. The van der Waals surface area contributed by atoms with Crippen LogP contribution in [-0.2, 0) is 0 Å². The Morgan fingerprint density at radius 1 is 1.24 bits per heavy atom. The van der Waals surface area contributed by atoms with Gasteiger partial charge in [-0.15, -0.1) is 0 Å². The molecule has 0 amide bonds. The number of hydrogen-bond acceptors (Lipinski definition) is 3. The fourth-order valence-electron chi connectivity index (χ4n) is 1.66. The van der Waals surface area contributed by atoms with Crippen LogP contribution in [0.3, 0.4) is 0 Å². The van der Waals surface area contributed by atoms with E-state index in [1.807, 2.05) is 6.07 Å². The Hall–Kier alpha value is -2.61. The molecule has 0 spiro atoms. The van der Waals surface area contributed by atoms with Crippen LogP contribution in [0.4, 0.5) is 0 Å². The van der Waals surface area contributed by atoms with Crippen molar-refractivity contribution in [1.82, 2.24) is 9.55 Å². The number of nitrogens with zero attached hydrogens (tertiary/aromatic N) is 2. The summed E-state index contributed by atoms with van der Waals surface area (Å²) >= 11 is 0. The van der Waals surface area contributed by atoms with Crippen molar-refractivity contribution in [2.24, 2.45) is 0 Å². The molecule has 0 aliphatic carbocycles. The summed E-state index contributed by atoms with van der Waals surface area (Å²) in [5, 5.41) is 8.88. The first-order valence-electron chi connectivity index (χ1n) is 4.96. The van der Waals surface area contributed by atoms with Gasteiger partial charge >= 0.3 is 5.69 Å². The van der Waals surface area contributed by atoms with E-state index in [-0.39, 0.29) is 5.56 Å². The van der Waals surface area contributed by atoms with Gasteiger partial charge in [0.05, 0.1) is 5.69 Å². The van der Waals surface area contributed by atoms with Crippen LogP contribution in [0.25, 0.3) is 5.69 Å². The molecule has 84 valence electrons. The number of rotatable bonds is 1. The van der Waals surface area contributed by atoms with Gasteiger partial charge in [-0.05, 0) is 19.1 Å². The van der Waals surface area contributed by atoms with Gasteiger partial charge in [0.1, 0.15) is 11.6 Å². The Bertz CT molecular complexity index is 705. The molecule has 17 heavy (non-hydrogen) atoms. The van der Waals surface area contributed by atoms with E-state index in [0.29, 0.717) is 11.4 Å². The van der Waals surface area contributed by atoms with Crippen molar-refractivity contribution in [3.63, 3.8) is 0 Å². The van der Waals surface area contributed by atoms with E-state index in [1.165, 1.54) is 4.57 Å². The molecule has 1 aromatic carbocycles. The fourth-order valence-corrected chi connectivity index (χ4v) is 1.66.